The molecule has 2 saturated heterocycles. The molecular formula is C12H22N2O3. The Hall–Kier alpha value is -0.650. The molecule has 0 spiro atoms. The molecule has 0 aromatic carbocycles. The average molecular weight is 242 g/mol. The monoisotopic (exact) mass is 242 g/mol. The second kappa shape index (κ2) is 6.93. The largest absolute Gasteiger partial charge is 0.381 e. The molecule has 5 nitrogen and oxygen atoms in total. The third kappa shape index (κ3) is 4.26. The lowest BCUT2D eigenvalue weighted by atomic mass is 10.1. The highest BCUT2D eigenvalue weighted by Gasteiger charge is 2.18. The quantitative estimate of drug-likeness (QED) is 0.757. The number of rotatable bonds is 3. The maximum Gasteiger partial charge on any atom is 0.236 e. The van der Waals surface area contributed by atoms with Crippen molar-refractivity contribution in [2.75, 3.05) is 46.1 Å². The minimum absolute atomic E-state index is 0.193. The summed E-state index contributed by atoms with van der Waals surface area (Å²) >= 11 is 0. The van der Waals surface area contributed by atoms with Crippen molar-refractivity contribution < 1.29 is 14.3 Å². The van der Waals surface area contributed by atoms with Crippen LogP contribution in [0.15, 0.2) is 0 Å². The van der Waals surface area contributed by atoms with Crippen LogP contribution in [-0.2, 0) is 14.3 Å². The maximum atomic E-state index is 11.9. The summed E-state index contributed by atoms with van der Waals surface area (Å²) in [5.74, 6) is 0.193. The Morgan fingerprint density at radius 1 is 1.12 bits per heavy atom. The highest BCUT2D eigenvalue weighted by Crippen LogP contribution is 2.08. The van der Waals surface area contributed by atoms with Crippen molar-refractivity contribution in [3.05, 3.63) is 0 Å². The van der Waals surface area contributed by atoms with Crippen molar-refractivity contribution in [2.45, 2.75) is 25.3 Å². The molecule has 0 radical (unpaired) electrons. The minimum atomic E-state index is 0.193. The van der Waals surface area contributed by atoms with Gasteiger partial charge in [-0.05, 0) is 19.3 Å². The van der Waals surface area contributed by atoms with Crippen molar-refractivity contribution in [3.63, 3.8) is 0 Å². The second-order valence-electron chi connectivity index (χ2n) is 4.61. The van der Waals surface area contributed by atoms with Gasteiger partial charge in [-0.1, -0.05) is 0 Å². The smallest absolute Gasteiger partial charge is 0.236 e. The molecule has 5 heteroatoms. The van der Waals surface area contributed by atoms with Gasteiger partial charge in [0, 0.05) is 32.3 Å². The van der Waals surface area contributed by atoms with Crippen LogP contribution in [0.3, 0.4) is 0 Å². The molecule has 98 valence electrons. The normalized spacial score (nSPS) is 26.6. The van der Waals surface area contributed by atoms with E-state index in [0.29, 0.717) is 25.8 Å². The summed E-state index contributed by atoms with van der Waals surface area (Å²) in [6.45, 7) is 4.91. The minimum Gasteiger partial charge on any atom is -0.381 e. The molecular weight excluding hydrogens is 220 g/mol. The van der Waals surface area contributed by atoms with Gasteiger partial charge < -0.3 is 19.7 Å². The predicted octanol–water partition coefficient (Wildman–Crippen LogP) is 0.00390. The van der Waals surface area contributed by atoms with Crippen LogP contribution < -0.4 is 5.32 Å². The van der Waals surface area contributed by atoms with E-state index in [0.717, 1.165) is 45.6 Å². The fourth-order valence-corrected chi connectivity index (χ4v) is 2.26. The average Bonchev–Trinajstić information content (AvgIpc) is 2.65. The molecule has 0 aromatic rings. The topological polar surface area (TPSA) is 50.8 Å². The van der Waals surface area contributed by atoms with Gasteiger partial charge in [0.2, 0.25) is 5.91 Å². The van der Waals surface area contributed by atoms with Crippen LogP contribution in [0.5, 0.6) is 0 Å². The molecule has 1 atom stereocenters. The van der Waals surface area contributed by atoms with E-state index >= 15 is 0 Å². The number of hydrogen-bond acceptors (Lipinski definition) is 4. The zero-order chi connectivity index (χ0) is 11.9. The lowest BCUT2D eigenvalue weighted by Gasteiger charge is -2.27. The van der Waals surface area contributed by atoms with E-state index in [9.17, 15) is 4.79 Å². The van der Waals surface area contributed by atoms with Crippen LogP contribution in [0.25, 0.3) is 0 Å². The molecule has 2 fully saturated rings. The number of amides is 1. The van der Waals surface area contributed by atoms with E-state index < -0.39 is 0 Å². The van der Waals surface area contributed by atoms with Crippen LogP contribution in [0, 0.1) is 0 Å². The van der Waals surface area contributed by atoms with E-state index in [1.807, 2.05) is 4.90 Å². The predicted molar refractivity (Wildman–Crippen MR) is 63.9 cm³/mol. The van der Waals surface area contributed by atoms with Crippen molar-refractivity contribution in [1.29, 1.82) is 0 Å². The van der Waals surface area contributed by atoms with Gasteiger partial charge in [-0.2, -0.15) is 0 Å². The van der Waals surface area contributed by atoms with Crippen LogP contribution >= 0.6 is 0 Å². The molecule has 0 aliphatic carbocycles. The van der Waals surface area contributed by atoms with Gasteiger partial charge in [0.05, 0.1) is 19.8 Å². The SMILES string of the molecule is O=C(CNC1CCCOCC1)N1CCOCC1. The number of carbonyl (C=O) groups excluding carboxylic acids is 1. The van der Waals surface area contributed by atoms with E-state index in [1.54, 1.807) is 0 Å². The summed E-state index contributed by atoms with van der Waals surface area (Å²) in [5, 5.41) is 3.35. The summed E-state index contributed by atoms with van der Waals surface area (Å²) in [6.07, 6.45) is 3.20. The number of morpholine rings is 1. The fraction of sp³-hybridized carbons (Fsp3) is 0.917. The first kappa shape index (κ1) is 12.8. The number of carbonyl (C=O) groups is 1. The third-order valence-electron chi connectivity index (χ3n) is 3.36. The number of nitrogens with zero attached hydrogens (tertiary/aromatic N) is 1. The summed E-state index contributed by atoms with van der Waals surface area (Å²) in [5.41, 5.74) is 0. The van der Waals surface area contributed by atoms with Gasteiger partial charge in [0.1, 0.15) is 0 Å². The zero-order valence-electron chi connectivity index (χ0n) is 10.3. The first-order valence-corrected chi connectivity index (χ1v) is 6.53. The molecule has 1 amide bonds. The Balaban J connectivity index is 1.67. The molecule has 1 unspecified atom stereocenters. The van der Waals surface area contributed by atoms with Crippen molar-refractivity contribution in [1.82, 2.24) is 10.2 Å². The Morgan fingerprint density at radius 3 is 2.71 bits per heavy atom. The molecule has 0 saturated carbocycles. The molecule has 1 N–H and O–H groups in total. The highest BCUT2D eigenvalue weighted by molar-refractivity contribution is 5.78. The van der Waals surface area contributed by atoms with Gasteiger partial charge in [-0.25, -0.2) is 0 Å². The molecule has 2 heterocycles. The lowest BCUT2D eigenvalue weighted by Crippen LogP contribution is -2.46. The van der Waals surface area contributed by atoms with E-state index in [4.69, 9.17) is 9.47 Å². The molecule has 2 aliphatic heterocycles. The molecule has 2 rings (SSSR count). The highest BCUT2D eigenvalue weighted by atomic mass is 16.5. The Morgan fingerprint density at radius 2 is 1.88 bits per heavy atom. The van der Waals surface area contributed by atoms with Crippen LogP contribution in [0.2, 0.25) is 0 Å². The third-order valence-corrected chi connectivity index (χ3v) is 3.36. The Bertz CT molecular complexity index is 234. The zero-order valence-corrected chi connectivity index (χ0v) is 10.3. The van der Waals surface area contributed by atoms with Crippen LogP contribution in [-0.4, -0.2) is 62.9 Å². The van der Waals surface area contributed by atoms with Gasteiger partial charge in [-0.3, -0.25) is 4.79 Å². The first-order chi connectivity index (χ1) is 8.36. The summed E-state index contributed by atoms with van der Waals surface area (Å²) in [4.78, 5) is 13.8. The van der Waals surface area contributed by atoms with E-state index in [1.165, 1.54) is 0 Å². The van der Waals surface area contributed by atoms with Gasteiger partial charge in [0.25, 0.3) is 0 Å². The number of hydrogen-bond donors (Lipinski definition) is 1. The summed E-state index contributed by atoms with van der Waals surface area (Å²) in [6, 6.07) is 0.433. The fourth-order valence-electron chi connectivity index (χ4n) is 2.26. The van der Waals surface area contributed by atoms with Crippen molar-refractivity contribution >= 4 is 5.91 Å². The van der Waals surface area contributed by atoms with Gasteiger partial charge in [-0.15, -0.1) is 0 Å². The second-order valence-corrected chi connectivity index (χ2v) is 4.61. The van der Waals surface area contributed by atoms with Gasteiger partial charge >= 0.3 is 0 Å². The molecule has 2 aliphatic rings. The summed E-state index contributed by atoms with van der Waals surface area (Å²) < 4.78 is 10.6. The lowest BCUT2D eigenvalue weighted by molar-refractivity contribution is -0.134. The molecule has 17 heavy (non-hydrogen) atoms. The van der Waals surface area contributed by atoms with Crippen molar-refractivity contribution in [3.8, 4) is 0 Å². The Labute approximate surface area is 102 Å². The molecule has 0 aromatic heterocycles. The Kier molecular flexibility index (Phi) is 5.22. The molecule has 0 bridgehead atoms. The van der Waals surface area contributed by atoms with Gasteiger partial charge in [0.15, 0.2) is 0 Å². The maximum absolute atomic E-state index is 11.9. The van der Waals surface area contributed by atoms with Crippen LogP contribution in [0.4, 0.5) is 0 Å². The summed E-state index contributed by atoms with van der Waals surface area (Å²) in [7, 11) is 0. The van der Waals surface area contributed by atoms with E-state index in [2.05, 4.69) is 5.32 Å². The number of ether oxygens (including phenoxy) is 2. The number of nitrogens with one attached hydrogen (secondary N) is 1. The standard InChI is InChI=1S/C12H22N2O3/c15-12(14-4-8-17-9-5-14)10-13-11-2-1-6-16-7-3-11/h11,13H,1-10H2. The van der Waals surface area contributed by atoms with Crippen molar-refractivity contribution in [2.24, 2.45) is 0 Å². The van der Waals surface area contributed by atoms with Crippen LogP contribution in [0.1, 0.15) is 19.3 Å². The first-order valence-electron chi connectivity index (χ1n) is 6.53. The van der Waals surface area contributed by atoms with E-state index in [-0.39, 0.29) is 5.91 Å².